The van der Waals surface area contributed by atoms with Gasteiger partial charge < -0.3 is 10.0 Å². The maximum Gasteiger partial charge on any atom is 0.150 e. The van der Waals surface area contributed by atoms with Crippen molar-refractivity contribution in [2.24, 2.45) is 5.92 Å². The Balaban J connectivity index is 2.20. The highest BCUT2D eigenvalue weighted by Crippen LogP contribution is 2.25. The number of rotatable bonds is 3. The summed E-state index contributed by atoms with van der Waals surface area (Å²) in [5, 5.41) is 9.03. The lowest BCUT2D eigenvalue weighted by atomic mass is 10.1. The Hall–Kier alpha value is -1.42. The van der Waals surface area contributed by atoms with Crippen LogP contribution in [0.25, 0.3) is 0 Å². The molecule has 1 fully saturated rings. The Morgan fingerprint density at radius 1 is 1.50 bits per heavy atom. The molecule has 3 nitrogen and oxygen atoms in total. The monoisotopic (exact) mass is 223 g/mol. The molecule has 1 N–H and O–H groups in total. The number of nitrogens with zero attached hydrogens (tertiary/aromatic N) is 1. The molecule has 1 heterocycles. The highest BCUT2D eigenvalue weighted by atomic mass is 19.1. The van der Waals surface area contributed by atoms with Gasteiger partial charge in [-0.15, -0.1) is 0 Å². The van der Waals surface area contributed by atoms with E-state index in [2.05, 4.69) is 0 Å². The highest BCUT2D eigenvalue weighted by Gasteiger charge is 2.22. The molecule has 2 rings (SSSR count). The molecule has 0 spiro atoms. The molecule has 1 aliphatic rings. The first-order valence-electron chi connectivity index (χ1n) is 5.34. The summed E-state index contributed by atoms with van der Waals surface area (Å²) in [6, 6.07) is 4.32. The average molecular weight is 223 g/mol. The Labute approximate surface area is 93.5 Å². The Morgan fingerprint density at radius 3 is 2.94 bits per heavy atom. The minimum Gasteiger partial charge on any atom is -0.396 e. The number of aldehydes is 1. The van der Waals surface area contributed by atoms with Crippen molar-refractivity contribution in [3.05, 3.63) is 29.6 Å². The lowest BCUT2D eigenvalue weighted by molar-refractivity contribution is 0.112. The van der Waals surface area contributed by atoms with Crippen molar-refractivity contribution in [2.45, 2.75) is 6.42 Å². The van der Waals surface area contributed by atoms with Crippen molar-refractivity contribution in [2.75, 3.05) is 24.6 Å². The zero-order valence-electron chi connectivity index (χ0n) is 8.90. The third-order valence-electron chi connectivity index (χ3n) is 2.95. The third kappa shape index (κ3) is 2.22. The predicted molar refractivity (Wildman–Crippen MR) is 59.2 cm³/mol. The zero-order valence-corrected chi connectivity index (χ0v) is 8.90. The van der Waals surface area contributed by atoms with Gasteiger partial charge in [-0.05, 0) is 24.6 Å². The number of aliphatic hydroxyl groups excluding tert-OH is 1. The van der Waals surface area contributed by atoms with Crippen molar-refractivity contribution in [3.8, 4) is 0 Å². The van der Waals surface area contributed by atoms with Crippen LogP contribution in [0, 0.1) is 11.7 Å². The standard InChI is InChI=1S/C12H14FNO2/c13-11-3-10(8-16)4-12(5-11)14-2-1-9(6-14)7-15/h3-5,8-9,15H,1-2,6-7H2. The summed E-state index contributed by atoms with van der Waals surface area (Å²) in [5.74, 6) is -0.144. The molecule has 1 saturated heterocycles. The second-order valence-electron chi connectivity index (χ2n) is 4.14. The Bertz CT molecular complexity index is 395. The molecule has 0 bridgehead atoms. The number of carbonyl (C=O) groups is 1. The fraction of sp³-hybridized carbons (Fsp3) is 0.417. The smallest absolute Gasteiger partial charge is 0.150 e. The largest absolute Gasteiger partial charge is 0.396 e. The van der Waals surface area contributed by atoms with E-state index in [0.29, 0.717) is 11.8 Å². The Kier molecular flexibility index (Phi) is 3.19. The van der Waals surface area contributed by atoms with Crippen molar-refractivity contribution in [3.63, 3.8) is 0 Å². The SMILES string of the molecule is O=Cc1cc(F)cc(N2CCC(CO)C2)c1. The number of anilines is 1. The quantitative estimate of drug-likeness (QED) is 0.789. The number of hydrogen-bond donors (Lipinski definition) is 1. The van der Waals surface area contributed by atoms with Crippen LogP contribution in [0.4, 0.5) is 10.1 Å². The van der Waals surface area contributed by atoms with Crippen LogP contribution >= 0.6 is 0 Å². The molecule has 0 aromatic heterocycles. The van der Waals surface area contributed by atoms with E-state index in [1.807, 2.05) is 4.90 Å². The molecule has 0 saturated carbocycles. The van der Waals surface area contributed by atoms with Crippen molar-refractivity contribution < 1.29 is 14.3 Å². The fourth-order valence-corrected chi connectivity index (χ4v) is 2.06. The van der Waals surface area contributed by atoms with Gasteiger partial charge in [0.05, 0.1) is 0 Å². The fourth-order valence-electron chi connectivity index (χ4n) is 2.06. The van der Waals surface area contributed by atoms with Gasteiger partial charge in [0.1, 0.15) is 12.1 Å². The van der Waals surface area contributed by atoms with E-state index in [9.17, 15) is 9.18 Å². The second-order valence-corrected chi connectivity index (χ2v) is 4.14. The zero-order chi connectivity index (χ0) is 11.5. The van der Waals surface area contributed by atoms with Crippen LogP contribution in [0.5, 0.6) is 0 Å². The van der Waals surface area contributed by atoms with Crippen LogP contribution in [0.15, 0.2) is 18.2 Å². The van der Waals surface area contributed by atoms with E-state index in [4.69, 9.17) is 5.11 Å². The predicted octanol–water partition coefficient (Wildman–Crippen LogP) is 1.46. The molecule has 86 valence electrons. The minimum atomic E-state index is -0.396. The van der Waals surface area contributed by atoms with Gasteiger partial charge in [0.25, 0.3) is 0 Å². The molecule has 0 aliphatic carbocycles. The average Bonchev–Trinajstić information content (AvgIpc) is 2.76. The van der Waals surface area contributed by atoms with Gasteiger partial charge in [-0.2, -0.15) is 0 Å². The van der Waals surface area contributed by atoms with E-state index in [1.54, 1.807) is 6.07 Å². The van der Waals surface area contributed by atoms with Crippen molar-refractivity contribution in [1.29, 1.82) is 0 Å². The molecule has 1 aromatic rings. The second kappa shape index (κ2) is 4.61. The first kappa shape index (κ1) is 11.1. The lowest BCUT2D eigenvalue weighted by Gasteiger charge is -2.18. The lowest BCUT2D eigenvalue weighted by Crippen LogP contribution is -2.20. The number of halogens is 1. The van der Waals surface area contributed by atoms with Crippen LogP contribution in [-0.2, 0) is 0 Å². The Morgan fingerprint density at radius 2 is 2.31 bits per heavy atom. The molecule has 4 heteroatoms. The maximum atomic E-state index is 13.2. The van der Waals surface area contributed by atoms with Crippen LogP contribution in [0.1, 0.15) is 16.8 Å². The van der Waals surface area contributed by atoms with Crippen LogP contribution in [-0.4, -0.2) is 31.1 Å². The summed E-state index contributed by atoms with van der Waals surface area (Å²) in [6.45, 7) is 1.68. The van der Waals surface area contributed by atoms with Crippen molar-refractivity contribution >= 4 is 12.0 Å². The summed E-state index contributed by atoms with van der Waals surface area (Å²) in [6.07, 6.45) is 1.55. The molecular weight excluding hydrogens is 209 g/mol. The third-order valence-corrected chi connectivity index (χ3v) is 2.95. The highest BCUT2D eigenvalue weighted by molar-refractivity contribution is 5.77. The van der Waals surface area contributed by atoms with Gasteiger partial charge in [0, 0.05) is 36.9 Å². The van der Waals surface area contributed by atoms with Gasteiger partial charge in [-0.1, -0.05) is 0 Å². The van der Waals surface area contributed by atoms with Gasteiger partial charge in [0.15, 0.2) is 0 Å². The van der Waals surface area contributed by atoms with E-state index in [0.717, 1.165) is 25.2 Å². The molecule has 0 radical (unpaired) electrons. The number of carbonyl (C=O) groups excluding carboxylic acids is 1. The van der Waals surface area contributed by atoms with Crippen LogP contribution < -0.4 is 4.90 Å². The summed E-state index contributed by atoms with van der Waals surface area (Å²) in [5.41, 5.74) is 1.07. The number of hydrogen-bond acceptors (Lipinski definition) is 3. The number of aliphatic hydroxyl groups is 1. The normalized spacial score (nSPS) is 20.1. The number of benzene rings is 1. The van der Waals surface area contributed by atoms with Gasteiger partial charge in [-0.25, -0.2) is 4.39 Å². The molecule has 1 unspecified atom stereocenters. The first-order chi connectivity index (χ1) is 7.72. The van der Waals surface area contributed by atoms with Gasteiger partial charge in [-0.3, -0.25) is 4.79 Å². The molecule has 16 heavy (non-hydrogen) atoms. The molecule has 0 amide bonds. The molecule has 1 aliphatic heterocycles. The summed E-state index contributed by atoms with van der Waals surface area (Å²) in [4.78, 5) is 12.6. The minimum absolute atomic E-state index is 0.159. The van der Waals surface area contributed by atoms with E-state index < -0.39 is 5.82 Å². The van der Waals surface area contributed by atoms with Crippen molar-refractivity contribution in [1.82, 2.24) is 0 Å². The van der Waals surface area contributed by atoms with E-state index in [-0.39, 0.29) is 12.5 Å². The van der Waals surface area contributed by atoms with E-state index in [1.165, 1.54) is 12.1 Å². The maximum absolute atomic E-state index is 13.2. The molecule has 1 atom stereocenters. The topological polar surface area (TPSA) is 40.5 Å². The van der Waals surface area contributed by atoms with E-state index >= 15 is 0 Å². The molecular formula is C12H14FNO2. The van der Waals surface area contributed by atoms with Gasteiger partial charge in [0.2, 0.25) is 0 Å². The van der Waals surface area contributed by atoms with Gasteiger partial charge >= 0.3 is 0 Å². The van der Waals surface area contributed by atoms with Crippen LogP contribution in [0.2, 0.25) is 0 Å². The summed E-state index contributed by atoms with van der Waals surface area (Å²) >= 11 is 0. The summed E-state index contributed by atoms with van der Waals surface area (Å²) in [7, 11) is 0. The van der Waals surface area contributed by atoms with Crippen LogP contribution in [0.3, 0.4) is 0 Å². The molecule has 1 aromatic carbocycles. The summed E-state index contributed by atoms with van der Waals surface area (Å²) < 4.78 is 13.2. The first-order valence-corrected chi connectivity index (χ1v) is 5.34.